The Morgan fingerprint density at radius 3 is 2.79 bits per heavy atom. The van der Waals surface area contributed by atoms with E-state index in [2.05, 4.69) is 20.4 Å². The number of aryl methyl sites for hydroxylation is 1. The van der Waals surface area contributed by atoms with Crippen LogP contribution in [0.4, 0.5) is 0 Å². The average Bonchev–Trinajstić information content (AvgIpc) is 2.71. The van der Waals surface area contributed by atoms with Crippen molar-refractivity contribution in [3.8, 4) is 0 Å². The van der Waals surface area contributed by atoms with Crippen LogP contribution in [0.5, 0.6) is 0 Å². The van der Waals surface area contributed by atoms with Crippen LogP contribution in [-0.4, -0.2) is 20.4 Å². The maximum atomic E-state index is 5.95. The molecule has 5 heteroatoms. The predicted molar refractivity (Wildman–Crippen MR) is 51.4 cm³/mol. The van der Waals surface area contributed by atoms with E-state index in [-0.39, 0.29) is 6.04 Å². The minimum Gasteiger partial charge on any atom is -0.319 e. The molecule has 0 aliphatic heterocycles. The molecule has 3 N–H and O–H groups in total. The van der Waals surface area contributed by atoms with E-state index in [0.717, 1.165) is 17.0 Å². The van der Waals surface area contributed by atoms with Crippen LogP contribution in [0.3, 0.4) is 0 Å². The van der Waals surface area contributed by atoms with Gasteiger partial charge in [-0.15, -0.1) is 0 Å². The van der Waals surface area contributed by atoms with Crippen LogP contribution in [0.15, 0.2) is 24.5 Å². The molecule has 0 saturated heterocycles. The SMILES string of the molecule is Cc1ccc(C(N)c2cn[nH]n2)cn1. The lowest BCUT2D eigenvalue weighted by molar-refractivity contribution is 0.803. The summed E-state index contributed by atoms with van der Waals surface area (Å²) in [7, 11) is 0. The Labute approximate surface area is 81.4 Å². The first-order chi connectivity index (χ1) is 6.77. The number of H-pyrrole nitrogens is 1. The van der Waals surface area contributed by atoms with E-state index >= 15 is 0 Å². The fraction of sp³-hybridized carbons (Fsp3) is 0.222. The third-order valence-electron chi connectivity index (χ3n) is 2.05. The molecule has 0 spiro atoms. The Hall–Kier alpha value is -1.75. The highest BCUT2D eigenvalue weighted by atomic mass is 15.3. The van der Waals surface area contributed by atoms with Gasteiger partial charge in [-0.05, 0) is 18.6 Å². The number of nitrogens with two attached hydrogens (primary N) is 1. The lowest BCUT2D eigenvalue weighted by Crippen LogP contribution is -2.12. The smallest absolute Gasteiger partial charge is 0.104 e. The van der Waals surface area contributed by atoms with Gasteiger partial charge in [-0.25, -0.2) is 0 Å². The van der Waals surface area contributed by atoms with Crippen LogP contribution in [0.1, 0.15) is 23.0 Å². The van der Waals surface area contributed by atoms with Gasteiger partial charge < -0.3 is 5.73 Å². The second-order valence-electron chi connectivity index (χ2n) is 3.11. The van der Waals surface area contributed by atoms with Crippen molar-refractivity contribution in [2.45, 2.75) is 13.0 Å². The second kappa shape index (κ2) is 3.55. The van der Waals surface area contributed by atoms with Gasteiger partial charge in [0.25, 0.3) is 0 Å². The Balaban J connectivity index is 2.28. The number of pyridine rings is 1. The molecule has 0 aliphatic rings. The zero-order valence-corrected chi connectivity index (χ0v) is 7.81. The van der Waals surface area contributed by atoms with E-state index in [1.807, 2.05) is 19.1 Å². The van der Waals surface area contributed by atoms with Crippen LogP contribution in [0, 0.1) is 6.92 Å². The number of aromatic nitrogens is 4. The molecule has 0 bridgehead atoms. The van der Waals surface area contributed by atoms with Crippen LogP contribution in [-0.2, 0) is 0 Å². The number of hydrogen-bond donors (Lipinski definition) is 2. The number of nitrogens with one attached hydrogen (secondary N) is 1. The zero-order valence-electron chi connectivity index (χ0n) is 7.81. The summed E-state index contributed by atoms with van der Waals surface area (Å²) in [4.78, 5) is 4.17. The number of nitrogens with zero attached hydrogens (tertiary/aromatic N) is 3. The standard InChI is InChI=1S/C9H11N5/c1-6-2-3-7(4-11-6)9(10)8-5-12-14-13-8/h2-5,9H,10H2,1H3,(H,12,13,14). The third kappa shape index (κ3) is 1.62. The largest absolute Gasteiger partial charge is 0.319 e. The number of rotatable bonds is 2. The molecule has 1 unspecified atom stereocenters. The zero-order chi connectivity index (χ0) is 9.97. The van der Waals surface area contributed by atoms with Gasteiger partial charge in [-0.2, -0.15) is 15.4 Å². The molecule has 0 aliphatic carbocycles. The van der Waals surface area contributed by atoms with Crippen molar-refractivity contribution in [1.82, 2.24) is 20.4 Å². The van der Waals surface area contributed by atoms with E-state index < -0.39 is 0 Å². The van der Waals surface area contributed by atoms with Crippen molar-refractivity contribution in [3.05, 3.63) is 41.5 Å². The quantitative estimate of drug-likeness (QED) is 0.723. The van der Waals surface area contributed by atoms with E-state index in [9.17, 15) is 0 Å². The summed E-state index contributed by atoms with van der Waals surface area (Å²) in [5, 5.41) is 10.2. The molecule has 2 rings (SSSR count). The summed E-state index contributed by atoms with van der Waals surface area (Å²) in [6.07, 6.45) is 3.37. The van der Waals surface area contributed by atoms with E-state index in [1.54, 1.807) is 12.4 Å². The predicted octanol–water partition coefficient (Wildman–Crippen LogP) is 0.556. The maximum absolute atomic E-state index is 5.95. The minimum absolute atomic E-state index is 0.262. The first-order valence-electron chi connectivity index (χ1n) is 4.31. The van der Waals surface area contributed by atoms with E-state index in [1.165, 1.54) is 0 Å². The molecule has 2 heterocycles. The molecular weight excluding hydrogens is 178 g/mol. The van der Waals surface area contributed by atoms with Crippen LogP contribution in [0.2, 0.25) is 0 Å². The van der Waals surface area contributed by atoms with Gasteiger partial charge >= 0.3 is 0 Å². The highest BCUT2D eigenvalue weighted by molar-refractivity contribution is 5.23. The summed E-state index contributed by atoms with van der Waals surface area (Å²) in [6.45, 7) is 1.94. The second-order valence-corrected chi connectivity index (χ2v) is 3.11. The van der Waals surface area contributed by atoms with Gasteiger partial charge in [-0.3, -0.25) is 4.98 Å². The van der Waals surface area contributed by atoms with Gasteiger partial charge in [0.15, 0.2) is 0 Å². The molecule has 5 nitrogen and oxygen atoms in total. The molecule has 0 saturated carbocycles. The van der Waals surface area contributed by atoms with Crippen molar-refractivity contribution in [3.63, 3.8) is 0 Å². The Kier molecular flexibility index (Phi) is 2.24. The molecule has 0 radical (unpaired) electrons. The van der Waals surface area contributed by atoms with Crippen molar-refractivity contribution >= 4 is 0 Å². The van der Waals surface area contributed by atoms with Crippen LogP contribution >= 0.6 is 0 Å². The molecule has 0 aromatic carbocycles. The molecule has 14 heavy (non-hydrogen) atoms. The molecule has 0 fully saturated rings. The number of hydrogen-bond acceptors (Lipinski definition) is 4. The third-order valence-corrected chi connectivity index (χ3v) is 2.05. The lowest BCUT2D eigenvalue weighted by Gasteiger charge is -2.07. The number of aromatic amines is 1. The topological polar surface area (TPSA) is 80.5 Å². The summed E-state index contributed by atoms with van der Waals surface area (Å²) in [5.41, 5.74) is 8.57. The fourth-order valence-corrected chi connectivity index (χ4v) is 1.19. The Morgan fingerprint density at radius 2 is 2.21 bits per heavy atom. The highest BCUT2D eigenvalue weighted by Crippen LogP contribution is 2.15. The van der Waals surface area contributed by atoms with Gasteiger partial charge in [0.2, 0.25) is 0 Å². The lowest BCUT2D eigenvalue weighted by atomic mass is 10.1. The van der Waals surface area contributed by atoms with Crippen molar-refractivity contribution in [2.24, 2.45) is 5.73 Å². The normalized spacial score (nSPS) is 12.7. The summed E-state index contributed by atoms with van der Waals surface area (Å²) >= 11 is 0. The molecule has 72 valence electrons. The molecule has 2 aromatic rings. The van der Waals surface area contributed by atoms with Gasteiger partial charge in [-0.1, -0.05) is 6.07 Å². The molecule has 1 atom stereocenters. The first kappa shape index (κ1) is 8.83. The Morgan fingerprint density at radius 1 is 1.36 bits per heavy atom. The summed E-state index contributed by atoms with van der Waals surface area (Å²) < 4.78 is 0. The van der Waals surface area contributed by atoms with Crippen molar-refractivity contribution < 1.29 is 0 Å². The fourth-order valence-electron chi connectivity index (χ4n) is 1.19. The maximum Gasteiger partial charge on any atom is 0.104 e. The monoisotopic (exact) mass is 189 g/mol. The van der Waals surface area contributed by atoms with Gasteiger partial charge in [0.05, 0.1) is 12.2 Å². The van der Waals surface area contributed by atoms with E-state index in [4.69, 9.17) is 5.73 Å². The molecule has 0 amide bonds. The molecular formula is C9H11N5. The summed E-state index contributed by atoms with van der Waals surface area (Å²) in [6, 6.07) is 3.61. The summed E-state index contributed by atoms with van der Waals surface area (Å²) in [5.74, 6) is 0. The minimum atomic E-state index is -0.262. The first-order valence-corrected chi connectivity index (χ1v) is 4.31. The van der Waals surface area contributed by atoms with Crippen LogP contribution in [0.25, 0.3) is 0 Å². The van der Waals surface area contributed by atoms with Crippen molar-refractivity contribution in [2.75, 3.05) is 0 Å². The van der Waals surface area contributed by atoms with Gasteiger partial charge in [0.1, 0.15) is 5.69 Å². The Bertz CT molecular complexity index is 392. The van der Waals surface area contributed by atoms with Gasteiger partial charge in [0, 0.05) is 11.9 Å². The molecule has 2 aromatic heterocycles. The van der Waals surface area contributed by atoms with Crippen molar-refractivity contribution in [1.29, 1.82) is 0 Å². The van der Waals surface area contributed by atoms with Crippen LogP contribution < -0.4 is 5.73 Å². The average molecular weight is 189 g/mol. The highest BCUT2D eigenvalue weighted by Gasteiger charge is 2.11. The van der Waals surface area contributed by atoms with E-state index in [0.29, 0.717) is 0 Å².